The van der Waals surface area contributed by atoms with Gasteiger partial charge in [0.15, 0.2) is 6.04 Å². The zero-order chi connectivity index (χ0) is 23.6. The molecule has 3 amide bonds. The maximum absolute atomic E-state index is 12.7. The minimum atomic E-state index is -1.70. The van der Waals surface area contributed by atoms with E-state index in [9.17, 15) is 29.1 Å². The molecule has 0 spiro atoms. The molecule has 6 atom stereocenters. The lowest BCUT2D eigenvalue weighted by Crippen LogP contribution is -2.60. The summed E-state index contributed by atoms with van der Waals surface area (Å²) in [4.78, 5) is 59.5. The van der Waals surface area contributed by atoms with Gasteiger partial charge in [-0.3, -0.25) is 19.2 Å². The number of carboxylic acids is 2. The maximum atomic E-state index is 12.7. The molecule has 6 unspecified atom stereocenters. The van der Waals surface area contributed by atoms with E-state index in [0.29, 0.717) is 6.42 Å². The van der Waals surface area contributed by atoms with Gasteiger partial charge in [0.25, 0.3) is 0 Å². The summed E-state index contributed by atoms with van der Waals surface area (Å²) in [6.45, 7) is 4.55. The Morgan fingerprint density at radius 2 is 1.47 bits per heavy atom. The first-order chi connectivity index (χ1) is 13.8. The molecule has 0 aromatic heterocycles. The monoisotopic (exact) mass is 450 g/mol. The summed E-state index contributed by atoms with van der Waals surface area (Å²) in [6.07, 6.45) is -1.85. The Labute approximate surface area is 179 Å². The first-order valence-electron chi connectivity index (χ1n) is 9.25. The van der Waals surface area contributed by atoms with Crippen LogP contribution < -0.4 is 21.7 Å². The Morgan fingerprint density at radius 3 is 1.87 bits per heavy atom. The summed E-state index contributed by atoms with van der Waals surface area (Å²) in [5.74, 6) is -5.93. The van der Waals surface area contributed by atoms with Gasteiger partial charge in [-0.15, -0.1) is 0 Å². The zero-order valence-electron chi connectivity index (χ0n) is 17.0. The molecule has 0 aliphatic rings. The van der Waals surface area contributed by atoms with Crippen LogP contribution in [0.5, 0.6) is 0 Å². The van der Waals surface area contributed by atoms with E-state index in [1.807, 2.05) is 5.32 Å². The molecular formula is C17H30N4O8S. The quantitative estimate of drug-likeness (QED) is 0.141. The number of carbonyl (C=O) groups is 5. The van der Waals surface area contributed by atoms with Gasteiger partial charge in [0.05, 0.1) is 18.6 Å². The minimum Gasteiger partial charge on any atom is -0.481 e. The van der Waals surface area contributed by atoms with Gasteiger partial charge in [0, 0.05) is 5.75 Å². The van der Waals surface area contributed by atoms with E-state index in [1.165, 1.54) is 0 Å². The summed E-state index contributed by atoms with van der Waals surface area (Å²) in [5.41, 5.74) is 5.59. The highest BCUT2D eigenvalue weighted by Gasteiger charge is 2.34. The Hall–Kier alpha value is -2.38. The fraction of sp³-hybridized carbons (Fsp3) is 0.706. The molecule has 0 aromatic rings. The number of carboxylic acid groups (broad SMARTS) is 2. The van der Waals surface area contributed by atoms with Crippen molar-refractivity contribution in [3.05, 3.63) is 0 Å². The molecule has 13 heteroatoms. The molecule has 0 bridgehead atoms. The van der Waals surface area contributed by atoms with E-state index in [-0.39, 0.29) is 11.7 Å². The Morgan fingerprint density at radius 1 is 0.933 bits per heavy atom. The van der Waals surface area contributed by atoms with Crippen LogP contribution in [0.2, 0.25) is 0 Å². The number of nitrogens with one attached hydrogen (secondary N) is 3. The van der Waals surface area contributed by atoms with Crippen LogP contribution >= 0.6 is 12.6 Å². The van der Waals surface area contributed by atoms with Crippen LogP contribution in [0.15, 0.2) is 0 Å². The van der Waals surface area contributed by atoms with Gasteiger partial charge in [0.2, 0.25) is 17.7 Å². The normalized spacial score (nSPS) is 16.9. The number of aliphatic carboxylic acids is 2. The van der Waals surface area contributed by atoms with Crippen LogP contribution in [0.25, 0.3) is 0 Å². The van der Waals surface area contributed by atoms with Gasteiger partial charge in [-0.25, -0.2) is 4.79 Å². The molecule has 0 aliphatic heterocycles. The molecule has 172 valence electrons. The van der Waals surface area contributed by atoms with E-state index in [4.69, 9.17) is 15.9 Å². The maximum Gasteiger partial charge on any atom is 0.328 e. The SMILES string of the molecule is CCC(C)C(NC(=O)C(N)CS)C(=O)NC(CC(=O)O)C(=O)NC(C(=O)O)C(C)O. The molecule has 0 aromatic carbocycles. The predicted molar refractivity (Wildman–Crippen MR) is 109 cm³/mol. The van der Waals surface area contributed by atoms with Crippen LogP contribution in [0.4, 0.5) is 0 Å². The lowest BCUT2D eigenvalue weighted by Gasteiger charge is -2.27. The molecular weight excluding hydrogens is 420 g/mol. The molecule has 0 rings (SSSR count). The van der Waals surface area contributed by atoms with Crippen molar-refractivity contribution in [2.75, 3.05) is 5.75 Å². The lowest BCUT2D eigenvalue weighted by atomic mass is 9.97. The number of amides is 3. The average Bonchev–Trinajstić information content (AvgIpc) is 2.66. The number of nitrogens with two attached hydrogens (primary N) is 1. The summed E-state index contributed by atoms with van der Waals surface area (Å²) in [5, 5.41) is 34.3. The summed E-state index contributed by atoms with van der Waals surface area (Å²) >= 11 is 3.92. The molecule has 8 N–H and O–H groups in total. The highest BCUT2D eigenvalue weighted by atomic mass is 32.1. The van der Waals surface area contributed by atoms with Crippen molar-refractivity contribution < 1.29 is 39.3 Å². The van der Waals surface area contributed by atoms with Gasteiger partial charge in [-0.1, -0.05) is 20.3 Å². The van der Waals surface area contributed by atoms with Gasteiger partial charge < -0.3 is 37.0 Å². The third kappa shape index (κ3) is 8.97. The first-order valence-corrected chi connectivity index (χ1v) is 9.89. The number of hydrogen-bond donors (Lipinski definition) is 8. The van der Waals surface area contributed by atoms with Gasteiger partial charge in [-0.2, -0.15) is 12.6 Å². The van der Waals surface area contributed by atoms with Crippen molar-refractivity contribution >= 4 is 42.3 Å². The zero-order valence-corrected chi connectivity index (χ0v) is 17.9. The highest BCUT2D eigenvalue weighted by molar-refractivity contribution is 7.80. The van der Waals surface area contributed by atoms with E-state index in [2.05, 4.69) is 23.3 Å². The molecule has 0 saturated heterocycles. The average molecular weight is 451 g/mol. The Kier molecular flexibility index (Phi) is 12.0. The van der Waals surface area contributed by atoms with Gasteiger partial charge in [0.1, 0.15) is 12.1 Å². The third-order valence-electron chi connectivity index (χ3n) is 4.38. The number of aliphatic hydroxyl groups excluding tert-OH is 1. The van der Waals surface area contributed by atoms with Crippen LogP contribution in [-0.2, 0) is 24.0 Å². The summed E-state index contributed by atoms with van der Waals surface area (Å²) in [6, 6.07) is -5.44. The second kappa shape index (κ2) is 13.0. The van der Waals surface area contributed by atoms with Crippen LogP contribution in [0, 0.1) is 5.92 Å². The van der Waals surface area contributed by atoms with Gasteiger partial charge in [-0.05, 0) is 12.8 Å². The number of carbonyl (C=O) groups excluding carboxylic acids is 3. The van der Waals surface area contributed by atoms with Crippen molar-refractivity contribution in [2.24, 2.45) is 11.7 Å². The number of thiol groups is 1. The fourth-order valence-electron chi connectivity index (χ4n) is 2.33. The standard InChI is InChI=1S/C17H30N4O8S/c1-4-7(2)12(20-14(25)9(18)6-30)16(27)19-10(5-11(23)24)15(26)21-13(8(3)22)17(28)29/h7-10,12-13,22,30H,4-6,18H2,1-3H3,(H,19,27)(H,20,25)(H,21,26)(H,23,24)(H,28,29). The number of hydrogen-bond acceptors (Lipinski definition) is 8. The van der Waals surface area contributed by atoms with Crippen LogP contribution in [0.1, 0.15) is 33.6 Å². The molecule has 0 radical (unpaired) electrons. The largest absolute Gasteiger partial charge is 0.481 e. The topological polar surface area (TPSA) is 208 Å². The fourth-order valence-corrected chi connectivity index (χ4v) is 2.50. The number of rotatable bonds is 13. The molecule has 30 heavy (non-hydrogen) atoms. The van der Waals surface area contributed by atoms with E-state index in [1.54, 1.807) is 13.8 Å². The van der Waals surface area contributed by atoms with Crippen molar-refractivity contribution in [1.29, 1.82) is 0 Å². The van der Waals surface area contributed by atoms with Crippen molar-refractivity contribution in [3.63, 3.8) is 0 Å². The molecule has 0 saturated carbocycles. The molecule has 0 fully saturated rings. The second-order valence-electron chi connectivity index (χ2n) is 6.88. The van der Waals surface area contributed by atoms with Crippen molar-refractivity contribution in [2.45, 2.75) is 63.9 Å². The predicted octanol–water partition coefficient (Wildman–Crippen LogP) is -2.32. The van der Waals surface area contributed by atoms with E-state index in [0.717, 1.165) is 6.92 Å². The van der Waals surface area contributed by atoms with Crippen LogP contribution in [-0.4, -0.2) is 81.0 Å². The van der Waals surface area contributed by atoms with E-state index < -0.39 is 66.4 Å². The van der Waals surface area contributed by atoms with E-state index >= 15 is 0 Å². The summed E-state index contributed by atoms with van der Waals surface area (Å²) in [7, 11) is 0. The van der Waals surface area contributed by atoms with Crippen molar-refractivity contribution in [1.82, 2.24) is 16.0 Å². The Balaban J connectivity index is 5.54. The highest BCUT2D eigenvalue weighted by Crippen LogP contribution is 2.10. The molecule has 0 aliphatic carbocycles. The van der Waals surface area contributed by atoms with Crippen LogP contribution in [0.3, 0.4) is 0 Å². The summed E-state index contributed by atoms with van der Waals surface area (Å²) < 4.78 is 0. The second-order valence-corrected chi connectivity index (χ2v) is 7.25. The minimum absolute atomic E-state index is 0.0284. The third-order valence-corrected chi connectivity index (χ3v) is 4.78. The Bertz CT molecular complexity index is 645. The smallest absolute Gasteiger partial charge is 0.328 e. The first kappa shape index (κ1) is 27.6. The lowest BCUT2D eigenvalue weighted by molar-refractivity contribution is -0.146. The molecule has 12 nitrogen and oxygen atoms in total. The van der Waals surface area contributed by atoms with Crippen molar-refractivity contribution in [3.8, 4) is 0 Å². The number of aliphatic hydroxyl groups is 1. The van der Waals surface area contributed by atoms with Gasteiger partial charge >= 0.3 is 11.9 Å². The molecule has 0 heterocycles.